The number of hydrogen-bond donors (Lipinski definition) is 1. The van der Waals surface area contributed by atoms with Crippen molar-refractivity contribution in [3.63, 3.8) is 0 Å². The lowest BCUT2D eigenvalue weighted by Crippen LogP contribution is -2.52. The van der Waals surface area contributed by atoms with Crippen molar-refractivity contribution in [3.8, 4) is 5.75 Å². The highest BCUT2D eigenvalue weighted by atomic mass is 35.5. The van der Waals surface area contributed by atoms with Gasteiger partial charge in [0.25, 0.3) is 5.91 Å². The van der Waals surface area contributed by atoms with Gasteiger partial charge in [-0.3, -0.25) is 19.3 Å². The number of fused-ring (bicyclic) bond motifs is 3. The SMILES string of the molecule is COc1ccc([Si](C)(C)[C@@H]2[C@@H](CC(=O)N(CCO)Cc3ccccc3)O[C@]3(C(=O)N(Cc4ccc(N5C(=O)CCc6ccccc65)cc4)c4ccc(Cl)cc43)[C@H]2C)cc1. The van der Waals surface area contributed by atoms with E-state index < -0.39 is 19.8 Å². The van der Waals surface area contributed by atoms with E-state index in [9.17, 15) is 14.7 Å². The number of anilines is 3. The molecule has 1 spiro atoms. The quantitative estimate of drug-likeness (QED) is 0.128. The van der Waals surface area contributed by atoms with Crippen molar-refractivity contribution in [3.05, 3.63) is 149 Å². The summed E-state index contributed by atoms with van der Waals surface area (Å²) in [6.07, 6.45) is 0.590. The van der Waals surface area contributed by atoms with E-state index in [-0.39, 0.29) is 55.3 Å². The number of para-hydroxylation sites is 1. The third kappa shape index (κ3) is 7.37. The number of benzene rings is 5. The Bertz CT molecular complexity index is 2360. The molecule has 0 aliphatic carbocycles. The molecule has 304 valence electrons. The summed E-state index contributed by atoms with van der Waals surface area (Å²) in [6.45, 7) is 7.28. The molecule has 5 aromatic carbocycles. The Labute approximate surface area is 352 Å². The molecule has 1 fully saturated rings. The number of ether oxygens (including phenoxy) is 2. The van der Waals surface area contributed by atoms with Gasteiger partial charge < -0.3 is 24.4 Å². The van der Waals surface area contributed by atoms with Gasteiger partial charge in [0.2, 0.25) is 11.8 Å². The average molecular weight is 828 g/mol. The Morgan fingerprint density at radius 3 is 2.32 bits per heavy atom. The van der Waals surface area contributed by atoms with E-state index in [4.69, 9.17) is 21.1 Å². The minimum absolute atomic E-state index is 0.0408. The number of halogens is 1. The van der Waals surface area contributed by atoms with Crippen molar-refractivity contribution in [1.29, 1.82) is 0 Å². The summed E-state index contributed by atoms with van der Waals surface area (Å²) in [7, 11) is -0.902. The van der Waals surface area contributed by atoms with Crippen LogP contribution >= 0.6 is 11.6 Å². The Balaban J connectivity index is 1.15. The van der Waals surface area contributed by atoms with Gasteiger partial charge in [0, 0.05) is 41.7 Å². The summed E-state index contributed by atoms with van der Waals surface area (Å²) >= 11 is 6.75. The fourth-order valence-corrected chi connectivity index (χ4v) is 14.0. The summed E-state index contributed by atoms with van der Waals surface area (Å²) in [4.78, 5) is 48.2. The van der Waals surface area contributed by atoms with E-state index in [1.807, 2.05) is 97.1 Å². The van der Waals surface area contributed by atoms with Gasteiger partial charge in [-0.15, -0.1) is 0 Å². The minimum Gasteiger partial charge on any atom is -0.497 e. The molecular formula is C48H50ClN3O6Si. The number of aliphatic hydroxyl groups excluding tert-OH is 1. The van der Waals surface area contributed by atoms with Crippen LogP contribution in [0.15, 0.2) is 121 Å². The molecule has 3 amide bonds. The normalized spacial score (nSPS) is 21.2. The van der Waals surface area contributed by atoms with Crippen molar-refractivity contribution in [1.82, 2.24) is 4.90 Å². The summed E-state index contributed by atoms with van der Waals surface area (Å²) in [5, 5.41) is 11.7. The second kappa shape index (κ2) is 16.4. The van der Waals surface area contributed by atoms with Crippen LogP contribution in [-0.4, -0.2) is 62.2 Å². The standard InChI is InChI=1S/C48H50ClN3O6Si/c1-32-46(59(3,4)39-22-20-38(57-2)21-23-39)43(29-45(55)50(26-27-53)30-33-10-6-5-7-11-33)58-48(32)40-28-36(49)17-24-42(40)51(47(48)56)31-34-14-18-37(19-15-34)52-41-13-9-8-12-35(41)16-25-44(52)54/h5-15,17-24,28,32,43,46,53H,16,25-27,29-31H2,1-4H3/t32-,43+,46-,48+/m0/s1. The van der Waals surface area contributed by atoms with Crippen molar-refractivity contribution in [2.75, 3.05) is 30.1 Å². The molecule has 0 unspecified atom stereocenters. The van der Waals surface area contributed by atoms with Crippen molar-refractivity contribution in [2.24, 2.45) is 5.92 Å². The minimum atomic E-state index is -2.55. The van der Waals surface area contributed by atoms with Gasteiger partial charge >= 0.3 is 0 Å². The fourth-order valence-electron chi connectivity index (χ4n) is 9.80. The summed E-state index contributed by atoms with van der Waals surface area (Å²) in [6, 6.07) is 39.2. The molecule has 59 heavy (non-hydrogen) atoms. The van der Waals surface area contributed by atoms with Gasteiger partial charge in [-0.05, 0) is 77.2 Å². The smallest absolute Gasteiger partial charge is 0.264 e. The lowest BCUT2D eigenvalue weighted by Gasteiger charge is -2.37. The first kappa shape index (κ1) is 40.5. The molecule has 9 nitrogen and oxygen atoms in total. The van der Waals surface area contributed by atoms with Gasteiger partial charge in [-0.1, -0.05) is 110 Å². The zero-order chi connectivity index (χ0) is 41.5. The molecule has 3 aliphatic rings. The van der Waals surface area contributed by atoms with Crippen LogP contribution in [0.4, 0.5) is 17.1 Å². The van der Waals surface area contributed by atoms with Gasteiger partial charge in [0.05, 0.1) is 52.2 Å². The third-order valence-corrected chi connectivity index (χ3v) is 17.3. The molecule has 0 radical (unpaired) electrons. The zero-order valence-electron chi connectivity index (χ0n) is 33.9. The molecule has 0 aromatic heterocycles. The molecule has 5 aromatic rings. The van der Waals surface area contributed by atoms with Crippen LogP contribution in [-0.2, 0) is 44.2 Å². The number of methoxy groups -OCH3 is 1. The predicted octanol–water partition coefficient (Wildman–Crippen LogP) is 8.13. The van der Waals surface area contributed by atoms with E-state index in [0.717, 1.165) is 51.1 Å². The lowest BCUT2D eigenvalue weighted by molar-refractivity contribution is -0.150. The van der Waals surface area contributed by atoms with Crippen LogP contribution < -0.4 is 19.7 Å². The number of aryl methyl sites for hydroxylation is 1. The molecule has 11 heteroatoms. The van der Waals surface area contributed by atoms with Crippen LogP contribution in [0.5, 0.6) is 5.75 Å². The Kier molecular flexibility index (Phi) is 11.3. The predicted molar refractivity (Wildman–Crippen MR) is 234 cm³/mol. The van der Waals surface area contributed by atoms with Crippen LogP contribution in [0.3, 0.4) is 0 Å². The van der Waals surface area contributed by atoms with Gasteiger partial charge in [-0.2, -0.15) is 0 Å². The molecular weight excluding hydrogens is 778 g/mol. The van der Waals surface area contributed by atoms with Crippen molar-refractivity contribution in [2.45, 2.75) is 69.6 Å². The number of rotatable bonds is 12. The molecule has 1 saturated heterocycles. The monoisotopic (exact) mass is 827 g/mol. The maximum absolute atomic E-state index is 15.4. The fraction of sp³-hybridized carbons (Fsp3) is 0.312. The molecule has 8 rings (SSSR count). The molecule has 3 heterocycles. The Hall–Kier alpha value is -5.26. The van der Waals surface area contributed by atoms with Gasteiger partial charge in [0.15, 0.2) is 5.60 Å². The number of nitrogens with zero attached hydrogens (tertiary/aromatic N) is 3. The first-order valence-corrected chi connectivity index (χ1v) is 23.8. The van der Waals surface area contributed by atoms with Crippen LogP contribution in [0.25, 0.3) is 0 Å². The molecule has 0 saturated carbocycles. The largest absolute Gasteiger partial charge is 0.497 e. The number of carbonyl (C=O) groups is 3. The highest BCUT2D eigenvalue weighted by Gasteiger charge is 2.66. The van der Waals surface area contributed by atoms with Gasteiger partial charge in [0.1, 0.15) is 5.75 Å². The van der Waals surface area contributed by atoms with E-state index in [2.05, 4.69) is 38.2 Å². The van der Waals surface area contributed by atoms with Crippen molar-refractivity contribution < 1.29 is 29.0 Å². The van der Waals surface area contributed by atoms with Crippen LogP contribution in [0, 0.1) is 5.92 Å². The first-order valence-electron chi connectivity index (χ1n) is 20.3. The average Bonchev–Trinajstić information content (AvgIpc) is 3.66. The molecule has 0 bridgehead atoms. The number of aliphatic hydroxyl groups is 1. The van der Waals surface area contributed by atoms with E-state index in [1.54, 1.807) is 27.9 Å². The van der Waals surface area contributed by atoms with Crippen LogP contribution in [0.2, 0.25) is 23.7 Å². The number of carbonyl (C=O) groups excluding carboxylic acids is 3. The Morgan fingerprint density at radius 1 is 0.898 bits per heavy atom. The first-order chi connectivity index (χ1) is 28.5. The summed E-state index contributed by atoms with van der Waals surface area (Å²) in [5.41, 5.74) is 4.50. The van der Waals surface area contributed by atoms with E-state index in [1.165, 1.54) is 0 Å². The second-order valence-corrected chi connectivity index (χ2v) is 21.6. The lowest BCUT2D eigenvalue weighted by atomic mass is 9.82. The molecule has 1 N–H and O–H groups in total. The Morgan fingerprint density at radius 2 is 1.61 bits per heavy atom. The highest BCUT2D eigenvalue weighted by molar-refractivity contribution is 6.91. The summed E-state index contributed by atoms with van der Waals surface area (Å²) < 4.78 is 12.7. The maximum Gasteiger partial charge on any atom is 0.264 e. The van der Waals surface area contributed by atoms with E-state index in [0.29, 0.717) is 23.6 Å². The van der Waals surface area contributed by atoms with Crippen molar-refractivity contribution >= 4 is 59.6 Å². The topological polar surface area (TPSA) is 99.6 Å². The summed E-state index contributed by atoms with van der Waals surface area (Å²) in [5.74, 6) is 0.123. The van der Waals surface area contributed by atoms with E-state index >= 15 is 4.79 Å². The second-order valence-electron chi connectivity index (χ2n) is 16.5. The zero-order valence-corrected chi connectivity index (χ0v) is 35.7. The molecule has 4 atom stereocenters. The maximum atomic E-state index is 15.4. The number of amides is 3. The van der Waals surface area contributed by atoms with Gasteiger partial charge in [-0.25, -0.2) is 0 Å². The molecule has 3 aliphatic heterocycles. The van der Waals surface area contributed by atoms with Crippen LogP contribution in [0.1, 0.15) is 42.0 Å². The highest BCUT2D eigenvalue weighted by Crippen LogP contribution is 2.60. The number of hydrogen-bond acceptors (Lipinski definition) is 6. The third-order valence-electron chi connectivity index (χ3n) is 12.7.